The number of para-hydroxylation sites is 1. The van der Waals surface area contributed by atoms with E-state index in [0.717, 1.165) is 31.7 Å². The smallest absolute Gasteiger partial charge is 0.317 e. The summed E-state index contributed by atoms with van der Waals surface area (Å²) < 4.78 is 5.82. The third-order valence-corrected chi connectivity index (χ3v) is 5.05. The number of carbonyl (C=O) groups excluding carboxylic acids is 2. The zero-order valence-corrected chi connectivity index (χ0v) is 15.7. The van der Waals surface area contributed by atoms with Gasteiger partial charge in [-0.2, -0.15) is 0 Å². The third kappa shape index (κ3) is 4.68. The van der Waals surface area contributed by atoms with Crippen LogP contribution in [0.4, 0.5) is 4.79 Å². The maximum atomic E-state index is 12.3. The Morgan fingerprint density at radius 2 is 1.88 bits per heavy atom. The molecule has 2 saturated heterocycles. The predicted octanol–water partition coefficient (Wildman–Crippen LogP) is 2.35. The highest BCUT2D eigenvalue weighted by Crippen LogP contribution is 2.19. The van der Waals surface area contributed by atoms with Crippen LogP contribution in [0.3, 0.4) is 0 Å². The number of benzene rings is 1. The standard InChI is InChI=1S/C20H29N3O3/c1-15(2)19(24)22-10-6-7-16(12-22)11-21-20(25)23-13-18(14-23)26-17-8-4-3-5-9-17/h3-5,8-9,15-16,18H,6-7,10-14H2,1-2H3,(H,21,25)/t16-/m0/s1. The van der Waals surface area contributed by atoms with E-state index in [2.05, 4.69) is 5.32 Å². The topological polar surface area (TPSA) is 61.9 Å². The lowest BCUT2D eigenvalue weighted by atomic mass is 9.97. The van der Waals surface area contributed by atoms with Gasteiger partial charge in [0.2, 0.25) is 5.91 Å². The maximum Gasteiger partial charge on any atom is 0.317 e. The van der Waals surface area contributed by atoms with Gasteiger partial charge in [0.05, 0.1) is 13.1 Å². The third-order valence-electron chi connectivity index (χ3n) is 5.05. The molecule has 142 valence electrons. The number of hydrogen-bond acceptors (Lipinski definition) is 3. The Hall–Kier alpha value is -2.24. The highest BCUT2D eigenvalue weighted by atomic mass is 16.5. The molecule has 2 fully saturated rings. The van der Waals surface area contributed by atoms with Crippen molar-refractivity contribution in [2.45, 2.75) is 32.8 Å². The van der Waals surface area contributed by atoms with Crippen molar-refractivity contribution in [1.29, 1.82) is 0 Å². The molecule has 0 saturated carbocycles. The van der Waals surface area contributed by atoms with Crippen LogP contribution in [-0.2, 0) is 4.79 Å². The molecule has 3 rings (SSSR count). The first-order valence-corrected chi connectivity index (χ1v) is 9.56. The van der Waals surface area contributed by atoms with Crippen molar-refractivity contribution in [2.24, 2.45) is 11.8 Å². The first-order valence-electron chi connectivity index (χ1n) is 9.56. The molecule has 6 nitrogen and oxygen atoms in total. The Balaban J connectivity index is 1.36. The second-order valence-corrected chi connectivity index (χ2v) is 7.59. The lowest BCUT2D eigenvalue weighted by Gasteiger charge is -2.39. The Morgan fingerprint density at radius 1 is 1.15 bits per heavy atom. The lowest BCUT2D eigenvalue weighted by Crippen LogP contribution is -2.59. The van der Waals surface area contributed by atoms with Crippen molar-refractivity contribution in [3.8, 4) is 5.75 Å². The van der Waals surface area contributed by atoms with Crippen molar-refractivity contribution >= 4 is 11.9 Å². The zero-order valence-electron chi connectivity index (χ0n) is 15.7. The molecule has 0 spiro atoms. The maximum absolute atomic E-state index is 12.3. The van der Waals surface area contributed by atoms with Gasteiger partial charge in [-0.1, -0.05) is 32.0 Å². The Morgan fingerprint density at radius 3 is 2.58 bits per heavy atom. The van der Waals surface area contributed by atoms with Gasteiger partial charge < -0.3 is 19.9 Å². The van der Waals surface area contributed by atoms with Crippen molar-refractivity contribution in [1.82, 2.24) is 15.1 Å². The van der Waals surface area contributed by atoms with Crippen LogP contribution in [0.25, 0.3) is 0 Å². The minimum atomic E-state index is -0.0368. The minimum Gasteiger partial charge on any atom is -0.487 e. The quantitative estimate of drug-likeness (QED) is 0.878. The van der Waals surface area contributed by atoms with Crippen LogP contribution in [0, 0.1) is 11.8 Å². The van der Waals surface area contributed by atoms with E-state index >= 15 is 0 Å². The highest BCUT2D eigenvalue weighted by Gasteiger charge is 2.33. The molecule has 1 aromatic carbocycles. The second-order valence-electron chi connectivity index (χ2n) is 7.59. The summed E-state index contributed by atoms with van der Waals surface area (Å²) in [5, 5.41) is 3.02. The van der Waals surface area contributed by atoms with E-state index in [0.29, 0.717) is 25.6 Å². The first kappa shape index (κ1) is 18.5. The van der Waals surface area contributed by atoms with Crippen LogP contribution in [0.15, 0.2) is 30.3 Å². The number of ether oxygens (including phenoxy) is 1. The lowest BCUT2D eigenvalue weighted by molar-refractivity contribution is -0.136. The number of hydrogen-bond donors (Lipinski definition) is 1. The molecule has 0 aromatic heterocycles. The number of amides is 3. The van der Waals surface area contributed by atoms with Crippen LogP contribution in [-0.4, -0.2) is 60.6 Å². The zero-order chi connectivity index (χ0) is 18.5. The van der Waals surface area contributed by atoms with Crippen LogP contribution in [0.5, 0.6) is 5.75 Å². The number of nitrogens with one attached hydrogen (secondary N) is 1. The first-order chi connectivity index (χ1) is 12.5. The molecule has 2 aliphatic rings. The Bertz CT molecular complexity index is 614. The average molecular weight is 359 g/mol. The second kappa shape index (κ2) is 8.43. The van der Waals surface area contributed by atoms with Crippen LogP contribution in [0.2, 0.25) is 0 Å². The summed E-state index contributed by atoms with van der Waals surface area (Å²) in [6, 6.07) is 9.65. The fraction of sp³-hybridized carbons (Fsp3) is 0.600. The molecule has 1 atom stereocenters. The summed E-state index contributed by atoms with van der Waals surface area (Å²) >= 11 is 0. The number of rotatable bonds is 5. The SMILES string of the molecule is CC(C)C(=O)N1CCC[C@@H](CNC(=O)N2CC(Oc3ccccc3)C2)C1. The molecular weight excluding hydrogens is 330 g/mol. The van der Waals surface area contributed by atoms with Gasteiger partial charge in [-0.15, -0.1) is 0 Å². The number of likely N-dealkylation sites (tertiary alicyclic amines) is 2. The van der Waals surface area contributed by atoms with Gasteiger partial charge in [0, 0.05) is 25.6 Å². The molecule has 6 heteroatoms. The van der Waals surface area contributed by atoms with Crippen LogP contribution in [0.1, 0.15) is 26.7 Å². The van der Waals surface area contributed by atoms with Gasteiger partial charge in [0.15, 0.2) is 0 Å². The molecule has 2 heterocycles. The molecule has 1 aromatic rings. The Kier molecular flexibility index (Phi) is 6.01. The molecule has 26 heavy (non-hydrogen) atoms. The summed E-state index contributed by atoms with van der Waals surface area (Å²) in [6.45, 7) is 7.31. The summed E-state index contributed by atoms with van der Waals surface area (Å²) in [6.07, 6.45) is 2.13. The van der Waals surface area contributed by atoms with E-state index in [-0.39, 0.29) is 24.0 Å². The molecule has 2 aliphatic heterocycles. The van der Waals surface area contributed by atoms with E-state index < -0.39 is 0 Å². The van der Waals surface area contributed by atoms with E-state index in [4.69, 9.17) is 4.74 Å². The molecule has 0 unspecified atom stereocenters. The molecule has 3 amide bonds. The molecule has 1 N–H and O–H groups in total. The molecule has 0 aliphatic carbocycles. The number of carbonyl (C=O) groups is 2. The average Bonchev–Trinajstić information content (AvgIpc) is 2.62. The number of piperidine rings is 1. The van der Waals surface area contributed by atoms with E-state index in [1.807, 2.05) is 49.1 Å². The van der Waals surface area contributed by atoms with Gasteiger partial charge in [-0.3, -0.25) is 4.79 Å². The molecule has 0 radical (unpaired) electrons. The number of nitrogens with zero attached hydrogens (tertiary/aromatic N) is 2. The molecular formula is C20H29N3O3. The van der Waals surface area contributed by atoms with Gasteiger partial charge in [0.25, 0.3) is 0 Å². The summed E-state index contributed by atoms with van der Waals surface area (Å²) in [5.74, 6) is 1.43. The largest absolute Gasteiger partial charge is 0.487 e. The van der Waals surface area contributed by atoms with Gasteiger partial charge in [-0.25, -0.2) is 4.79 Å². The summed E-state index contributed by atoms with van der Waals surface area (Å²) in [4.78, 5) is 28.1. The van der Waals surface area contributed by atoms with E-state index in [9.17, 15) is 9.59 Å². The van der Waals surface area contributed by atoms with Gasteiger partial charge >= 0.3 is 6.03 Å². The molecule has 0 bridgehead atoms. The summed E-state index contributed by atoms with van der Waals surface area (Å²) in [5.41, 5.74) is 0. The van der Waals surface area contributed by atoms with Crippen molar-refractivity contribution < 1.29 is 14.3 Å². The Labute approximate surface area is 155 Å². The van der Waals surface area contributed by atoms with Crippen molar-refractivity contribution in [3.05, 3.63) is 30.3 Å². The highest BCUT2D eigenvalue weighted by molar-refractivity contribution is 5.78. The number of urea groups is 1. The van der Waals surface area contributed by atoms with Gasteiger partial charge in [0.1, 0.15) is 11.9 Å². The normalized spacial score (nSPS) is 20.7. The van der Waals surface area contributed by atoms with Crippen LogP contribution < -0.4 is 10.1 Å². The monoisotopic (exact) mass is 359 g/mol. The van der Waals surface area contributed by atoms with Crippen molar-refractivity contribution in [3.63, 3.8) is 0 Å². The van der Waals surface area contributed by atoms with E-state index in [1.165, 1.54) is 0 Å². The minimum absolute atomic E-state index is 0.0333. The van der Waals surface area contributed by atoms with E-state index in [1.54, 1.807) is 4.90 Å². The fourth-order valence-electron chi connectivity index (χ4n) is 3.51. The summed E-state index contributed by atoms with van der Waals surface area (Å²) in [7, 11) is 0. The van der Waals surface area contributed by atoms with Gasteiger partial charge in [-0.05, 0) is 30.9 Å². The van der Waals surface area contributed by atoms with Crippen molar-refractivity contribution in [2.75, 3.05) is 32.7 Å². The fourth-order valence-corrected chi connectivity index (χ4v) is 3.51. The van der Waals surface area contributed by atoms with Crippen LogP contribution >= 0.6 is 0 Å². The predicted molar refractivity (Wildman–Crippen MR) is 100.0 cm³/mol.